The van der Waals surface area contributed by atoms with Crippen LogP contribution < -0.4 is 0 Å². The Morgan fingerprint density at radius 3 is 2.29 bits per heavy atom. The van der Waals surface area contributed by atoms with Gasteiger partial charge < -0.3 is 9.64 Å². The van der Waals surface area contributed by atoms with Crippen molar-refractivity contribution in [3.05, 3.63) is 75.7 Å². The molecule has 1 amide bonds. The molecule has 0 aliphatic carbocycles. The van der Waals surface area contributed by atoms with Gasteiger partial charge in [0.15, 0.2) is 11.6 Å². The van der Waals surface area contributed by atoms with Gasteiger partial charge in [-0.25, -0.2) is 23.4 Å². The highest BCUT2D eigenvalue weighted by Crippen LogP contribution is 2.33. The second kappa shape index (κ2) is 10.7. The van der Waals surface area contributed by atoms with E-state index in [0.29, 0.717) is 41.8 Å². The maximum atomic E-state index is 13.6. The van der Waals surface area contributed by atoms with Crippen LogP contribution in [0.4, 0.5) is 8.78 Å². The third kappa shape index (κ3) is 5.23. The van der Waals surface area contributed by atoms with E-state index in [1.54, 1.807) is 40.3 Å². The monoisotopic (exact) mass is 535 g/mol. The van der Waals surface area contributed by atoms with Crippen LogP contribution in [0.5, 0.6) is 0 Å². The molecule has 1 fully saturated rings. The smallest absolute Gasteiger partial charge is 0.244 e. The molecule has 2 aliphatic heterocycles. The number of thiazole rings is 1. The Kier molecular flexibility index (Phi) is 6.99. The second-order valence-electron chi connectivity index (χ2n) is 9.62. The summed E-state index contributed by atoms with van der Waals surface area (Å²) in [5, 5.41) is 5.79. The van der Waals surface area contributed by atoms with E-state index in [9.17, 15) is 13.6 Å². The third-order valence-corrected chi connectivity index (χ3v) is 8.43. The van der Waals surface area contributed by atoms with Gasteiger partial charge in [-0.2, -0.15) is 0 Å². The minimum Gasteiger partial charge on any atom is -0.381 e. The summed E-state index contributed by atoms with van der Waals surface area (Å²) < 4.78 is 34.1. The van der Waals surface area contributed by atoms with Crippen molar-refractivity contribution >= 4 is 17.2 Å². The average molecular weight is 536 g/mol. The van der Waals surface area contributed by atoms with Gasteiger partial charge in [0.1, 0.15) is 18.2 Å². The Hall–Kier alpha value is -3.50. The first kappa shape index (κ1) is 24.8. The number of rotatable bonds is 5. The van der Waals surface area contributed by atoms with Crippen molar-refractivity contribution in [2.75, 3.05) is 26.3 Å². The van der Waals surface area contributed by atoms with Crippen LogP contribution in [0.15, 0.2) is 48.5 Å². The van der Waals surface area contributed by atoms with Crippen LogP contribution in [0.3, 0.4) is 0 Å². The maximum absolute atomic E-state index is 13.6. The zero-order valence-corrected chi connectivity index (χ0v) is 21.6. The second-order valence-corrected chi connectivity index (χ2v) is 10.7. The number of ether oxygens (including phenoxy) is 1. The molecule has 196 valence electrons. The summed E-state index contributed by atoms with van der Waals surface area (Å²) in [6.07, 6.45) is 3.55. The SMILES string of the molecule is O=C(Cn1nc(-c2ccc(F)cc2)nc1-c1ccc(F)cc1)N1CCc2nc(C3CCOCC3)sc2CC1. The van der Waals surface area contributed by atoms with Crippen molar-refractivity contribution in [3.8, 4) is 22.8 Å². The molecule has 2 aromatic carbocycles. The molecule has 7 nitrogen and oxygen atoms in total. The Labute approximate surface area is 223 Å². The zero-order valence-electron chi connectivity index (χ0n) is 20.8. The van der Waals surface area contributed by atoms with E-state index in [2.05, 4.69) is 10.1 Å². The molecule has 2 aromatic heterocycles. The van der Waals surface area contributed by atoms with Crippen molar-refractivity contribution in [1.82, 2.24) is 24.6 Å². The fourth-order valence-corrected chi connectivity index (χ4v) is 6.24. The van der Waals surface area contributed by atoms with Crippen molar-refractivity contribution in [2.45, 2.75) is 38.1 Å². The molecule has 38 heavy (non-hydrogen) atoms. The number of amides is 1. The van der Waals surface area contributed by atoms with Crippen LogP contribution in [-0.2, 0) is 28.9 Å². The van der Waals surface area contributed by atoms with Gasteiger partial charge in [-0.1, -0.05) is 0 Å². The summed E-state index contributed by atoms with van der Waals surface area (Å²) in [5.74, 6) is 0.524. The summed E-state index contributed by atoms with van der Waals surface area (Å²) in [7, 11) is 0. The number of halogens is 2. The summed E-state index contributed by atoms with van der Waals surface area (Å²) in [4.78, 5) is 26.1. The highest BCUT2D eigenvalue weighted by atomic mass is 32.1. The zero-order chi connectivity index (χ0) is 26.1. The molecule has 4 heterocycles. The van der Waals surface area contributed by atoms with E-state index < -0.39 is 0 Å². The van der Waals surface area contributed by atoms with Crippen molar-refractivity contribution < 1.29 is 18.3 Å². The molecule has 0 N–H and O–H groups in total. The predicted octanol–water partition coefficient (Wildman–Crippen LogP) is 4.87. The molecule has 10 heteroatoms. The molecule has 0 unspecified atom stereocenters. The summed E-state index contributed by atoms with van der Waals surface area (Å²) in [6, 6.07) is 11.8. The van der Waals surface area contributed by atoms with Gasteiger partial charge in [0.2, 0.25) is 5.91 Å². The Morgan fingerprint density at radius 2 is 1.58 bits per heavy atom. The van der Waals surface area contributed by atoms with Crippen LogP contribution in [0.1, 0.15) is 34.3 Å². The van der Waals surface area contributed by atoms with Gasteiger partial charge in [-0.3, -0.25) is 4.79 Å². The number of aromatic nitrogens is 4. The van der Waals surface area contributed by atoms with Gasteiger partial charge in [-0.05, 0) is 61.4 Å². The first-order valence-electron chi connectivity index (χ1n) is 12.8. The topological polar surface area (TPSA) is 73.1 Å². The quantitative estimate of drug-likeness (QED) is 0.365. The fraction of sp³-hybridized carbons (Fsp3) is 0.357. The van der Waals surface area contributed by atoms with Crippen LogP contribution >= 0.6 is 11.3 Å². The normalized spacial score (nSPS) is 16.3. The minimum atomic E-state index is -0.361. The first-order valence-corrected chi connectivity index (χ1v) is 13.7. The molecular formula is C28H27F2N5O2S. The fourth-order valence-electron chi connectivity index (χ4n) is 4.97. The molecule has 1 saturated heterocycles. The van der Waals surface area contributed by atoms with Gasteiger partial charge in [-0.15, -0.1) is 16.4 Å². The molecular weight excluding hydrogens is 508 g/mol. The minimum absolute atomic E-state index is 0.00466. The molecule has 4 aromatic rings. The molecule has 2 aliphatic rings. The highest BCUT2D eigenvalue weighted by Gasteiger charge is 2.26. The summed E-state index contributed by atoms with van der Waals surface area (Å²) in [6.45, 7) is 2.79. The lowest BCUT2D eigenvalue weighted by Crippen LogP contribution is -2.36. The molecule has 0 spiro atoms. The van der Waals surface area contributed by atoms with Gasteiger partial charge in [0, 0.05) is 61.1 Å². The van der Waals surface area contributed by atoms with E-state index in [0.717, 1.165) is 44.6 Å². The van der Waals surface area contributed by atoms with Crippen molar-refractivity contribution in [3.63, 3.8) is 0 Å². The first-order chi connectivity index (χ1) is 18.5. The lowest BCUT2D eigenvalue weighted by molar-refractivity contribution is -0.131. The third-order valence-electron chi connectivity index (χ3n) is 7.11. The van der Waals surface area contributed by atoms with E-state index in [4.69, 9.17) is 9.72 Å². The molecule has 0 bridgehead atoms. The summed E-state index contributed by atoms with van der Waals surface area (Å²) >= 11 is 1.79. The molecule has 6 rings (SSSR count). The van der Waals surface area contributed by atoms with Gasteiger partial charge in [0.25, 0.3) is 0 Å². The Morgan fingerprint density at radius 1 is 0.921 bits per heavy atom. The molecule has 0 saturated carbocycles. The van der Waals surface area contributed by atoms with Crippen LogP contribution in [0.2, 0.25) is 0 Å². The number of carbonyl (C=O) groups is 1. The maximum Gasteiger partial charge on any atom is 0.244 e. The van der Waals surface area contributed by atoms with Gasteiger partial charge in [0.05, 0.1) is 10.7 Å². The lowest BCUT2D eigenvalue weighted by Gasteiger charge is -2.21. The van der Waals surface area contributed by atoms with Gasteiger partial charge >= 0.3 is 0 Å². The number of hydrogen-bond donors (Lipinski definition) is 0. The van der Waals surface area contributed by atoms with Crippen LogP contribution in [0, 0.1) is 11.6 Å². The largest absolute Gasteiger partial charge is 0.381 e. The number of nitrogens with zero attached hydrogens (tertiary/aromatic N) is 5. The van der Waals surface area contributed by atoms with Crippen molar-refractivity contribution in [1.29, 1.82) is 0 Å². The van der Waals surface area contributed by atoms with E-state index in [-0.39, 0.29) is 24.1 Å². The van der Waals surface area contributed by atoms with E-state index >= 15 is 0 Å². The van der Waals surface area contributed by atoms with Crippen LogP contribution in [-0.4, -0.2) is 56.9 Å². The standard InChI is InChI=1S/C28H27F2N5O2S/c29-21-5-1-18(2-6-21)26-32-27(19-3-7-22(30)8-4-19)35(33-26)17-25(36)34-13-9-23-24(10-14-34)38-28(31-23)20-11-15-37-16-12-20/h1-8,20H,9-17H2. The van der Waals surface area contributed by atoms with Crippen molar-refractivity contribution in [2.24, 2.45) is 0 Å². The van der Waals surface area contributed by atoms with E-state index in [1.807, 2.05) is 4.90 Å². The summed E-state index contributed by atoms with van der Waals surface area (Å²) in [5.41, 5.74) is 2.38. The van der Waals surface area contributed by atoms with Crippen LogP contribution in [0.25, 0.3) is 22.8 Å². The lowest BCUT2D eigenvalue weighted by atomic mass is 10.0. The Balaban J connectivity index is 1.20. The number of benzene rings is 2. The predicted molar refractivity (Wildman–Crippen MR) is 140 cm³/mol. The Bertz CT molecular complexity index is 1400. The number of carbonyl (C=O) groups excluding carboxylic acids is 1. The molecule has 0 atom stereocenters. The number of fused-ring (bicyclic) bond motifs is 1. The number of hydrogen-bond acceptors (Lipinski definition) is 6. The highest BCUT2D eigenvalue weighted by molar-refractivity contribution is 7.11. The van der Waals surface area contributed by atoms with E-state index in [1.165, 1.54) is 34.2 Å². The molecule has 0 radical (unpaired) electrons. The average Bonchev–Trinajstić information content (AvgIpc) is 3.49.